The monoisotopic (exact) mass is 628 g/mol. The number of nitrogens with one attached hydrogen (secondary N) is 3. The van der Waals surface area contributed by atoms with Crippen molar-refractivity contribution < 1.29 is 18.0 Å². The summed E-state index contributed by atoms with van der Waals surface area (Å²) in [6.07, 6.45) is 2.01. The molecule has 2 atom stereocenters. The van der Waals surface area contributed by atoms with Gasteiger partial charge in [0.2, 0.25) is 5.96 Å². The maximum absolute atomic E-state index is 13.5. The number of rotatable bonds is 12. The molecule has 0 aliphatic heterocycles. The standard InChI is InChI=1S/C32H32N6O4S2/c1-22-10-8-13-24(20-22)29(23-11-4-2-5-12-23)27-17-18-28(43-27)31(40)37-26(16-9-19-35-32(34)36-21-33)30(39)38-44(41,42)25-14-6-3-7-15-25/h2-8,10-15,17-18,20,26,29H,9,16,19H2,1H3,(H,37,40)(H,38,39)(H3,34,35,36). The summed E-state index contributed by atoms with van der Waals surface area (Å²) in [4.78, 5) is 31.9. The lowest BCUT2D eigenvalue weighted by Crippen LogP contribution is -2.48. The molecular formula is C32H32N6O4S2. The summed E-state index contributed by atoms with van der Waals surface area (Å²) in [6, 6.07) is 28.1. The van der Waals surface area contributed by atoms with Crippen molar-refractivity contribution in [3.63, 3.8) is 0 Å². The summed E-state index contributed by atoms with van der Waals surface area (Å²) >= 11 is 1.31. The summed E-state index contributed by atoms with van der Waals surface area (Å²) in [5.74, 6) is -1.59. The van der Waals surface area contributed by atoms with Crippen molar-refractivity contribution in [3.05, 3.63) is 124 Å². The van der Waals surface area contributed by atoms with Crippen LogP contribution < -0.4 is 21.1 Å². The zero-order chi connectivity index (χ0) is 31.5. The first kappa shape index (κ1) is 31.9. The predicted octanol–water partition coefficient (Wildman–Crippen LogP) is 4.01. The van der Waals surface area contributed by atoms with Crippen molar-refractivity contribution in [2.45, 2.75) is 36.6 Å². The number of hydrogen-bond acceptors (Lipinski definition) is 7. The molecule has 0 bridgehead atoms. The van der Waals surface area contributed by atoms with Gasteiger partial charge in [0.25, 0.3) is 21.8 Å². The first-order valence-electron chi connectivity index (χ1n) is 13.8. The van der Waals surface area contributed by atoms with Crippen molar-refractivity contribution in [2.24, 2.45) is 10.7 Å². The Hall–Kier alpha value is -4.99. The SMILES string of the molecule is Cc1cccc(C(c2ccccc2)c2ccc(C(=O)NC(CCCN=C(N)NC#N)C(=O)NS(=O)(=O)c3ccccc3)s2)c1. The Balaban J connectivity index is 1.56. The van der Waals surface area contributed by atoms with E-state index in [1.807, 2.05) is 55.5 Å². The Morgan fingerprint density at radius 3 is 2.32 bits per heavy atom. The largest absolute Gasteiger partial charge is 0.369 e. The number of sulfonamides is 1. The van der Waals surface area contributed by atoms with E-state index in [0.29, 0.717) is 4.88 Å². The highest BCUT2D eigenvalue weighted by Gasteiger charge is 2.27. The lowest BCUT2D eigenvalue weighted by atomic mass is 9.89. The fourth-order valence-electron chi connectivity index (χ4n) is 4.60. The second kappa shape index (κ2) is 15.0. The van der Waals surface area contributed by atoms with Gasteiger partial charge in [-0.2, -0.15) is 5.26 Å². The number of guanidine groups is 1. The Labute approximate surface area is 260 Å². The zero-order valence-electron chi connectivity index (χ0n) is 23.9. The molecule has 0 spiro atoms. The van der Waals surface area contributed by atoms with Crippen molar-refractivity contribution in [2.75, 3.05) is 6.54 Å². The highest BCUT2D eigenvalue weighted by atomic mass is 32.2. The van der Waals surface area contributed by atoms with Gasteiger partial charge in [0.1, 0.15) is 6.04 Å². The molecule has 44 heavy (non-hydrogen) atoms. The van der Waals surface area contributed by atoms with E-state index < -0.39 is 27.9 Å². The van der Waals surface area contributed by atoms with E-state index in [1.54, 1.807) is 30.5 Å². The molecule has 12 heteroatoms. The smallest absolute Gasteiger partial charge is 0.264 e. The van der Waals surface area contributed by atoms with Gasteiger partial charge >= 0.3 is 0 Å². The molecule has 226 valence electrons. The molecule has 1 heterocycles. The van der Waals surface area contributed by atoms with Crippen LogP contribution in [0.5, 0.6) is 0 Å². The lowest BCUT2D eigenvalue weighted by molar-refractivity contribution is -0.121. The number of aryl methyl sites for hydroxylation is 1. The number of thiophene rings is 1. The molecule has 5 N–H and O–H groups in total. The van der Waals surface area contributed by atoms with E-state index >= 15 is 0 Å². The molecule has 2 unspecified atom stereocenters. The van der Waals surface area contributed by atoms with Crippen LogP contribution in [0, 0.1) is 18.4 Å². The van der Waals surface area contributed by atoms with Crippen molar-refractivity contribution >= 4 is 39.1 Å². The first-order chi connectivity index (χ1) is 21.2. The quantitative estimate of drug-likeness (QED) is 0.0605. The molecule has 4 aromatic rings. The highest BCUT2D eigenvalue weighted by Crippen LogP contribution is 2.36. The van der Waals surface area contributed by atoms with E-state index in [9.17, 15) is 18.0 Å². The third kappa shape index (κ3) is 8.53. The molecule has 0 radical (unpaired) electrons. The van der Waals surface area contributed by atoms with Gasteiger partial charge in [0, 0.05) is 17.3 Å². The molecule has 10 nitrogen and oxygen atoms in total. The number of carbonyl (C=O) groups is 2. The van der Waals surface area contributed by atoms with Crippen molar-refractivity contribution in [1.29, 1.82) is 5.26 Å². The van der Waals surface area contributed by atoms with Gasteiger partial charge in [0.15, 0.2) is 6.19 Å². The van der Waals surface area contributed by atoms with Gasteiger partial charge in [-0.15, -0.1) is 11.3 Å². The topological polar surface area (TPSA) is 167 Å². The summed E-state index contributed by atoms with van der Waals surface area (Å²) in [5, 5.41) is 13.6. The normalized spacial score (nSPS) is 12.9. The van der Waals surface area contributed by atoms with Gasteiger partial charge in [0.05, 0.1) is 9.77 Å². The number of nitriles is 1. The molecule has 4 rings (SSSR count). The molecule has 2 amide bonds. The third-order valence-corrected chi connectivity index (χ3v) is 9.18. The van der Waals surface area contributed by atoms with Crippen molar-refractivity contribution in [3.8, 4) is 6.19 Å². The molecule has 0 saturated heterocycles. The average molecular weight is 629 g/mol. The molecule has 1 aromatic heterocycles. The van der Waals surface area contributed by atoms with Crippen LogP contribution in [-0.4, -0.2) is 38.8 Å². The van der Waals surface area contributed by atoms with Crippen LogP contribution in [0.4, 0.5) is 0 Å². The Morgan fingerprint density at radius 2 is 1.64 bits per heavy atom. The maximum atomic E-state index is 13.5. The maximum Gasteiger partial charge on any atom is 0.264 e. The fraction of sp³-hybridized carbons (Fsp3) is 0.188. The minimum Gasteiger partial charge on any atom is -0.369 e. The number of carbonyl (C=O) groups excluding carboxylic acids is 2. The zero-order valence-corrected chi connectivity index (χ0v) is 25.6. The minimum absolute atomic E-state index is 0.0688. The average Bonchev–Trinajstić information content (AvgIpc) is 3.49. The minimum atomic E-state index is -4.17. The summed E-state index contributed by atoms with van der Waals surface area (Å²) in [5.41, 5.74) is 8.84. The van der Waals surface area contributed by atoms with Crippen LogP contribution in [0.15, 0.2) is 107 Å². The summed E-state index contributed by atoms with van der Waals surface area (Å²) < 4.78 is 27.8. The second-order valence-electron chi connectivity index (χ2n) is 9.91. The molecule has 0 saturated carbocycles. The van der Waals surface area contributed by atoms with Crippen LogP contribution in [-0.2, 0) is 14.8 Å². The van der Waals surface area contributed by atoms with Crippen LogP contribution in [0.25, 0.3) is 0 Å². The fourth-order valence-corrected chi connectivity index (χ4v) is 6.71. The number of aliphatic imine (C=N–C) groups is 1. The highest BCUT2D eigenvalue weighted by molar-refractivity contribution is 7.90. The van der Waals surface area contributed by atoms with Crippen LogP contribution in [0.2, 0.25) is 0 Å². The molecule has 0 aliphatic carbocycles. The van der Waals surface area contributed by atoms with Gasteiger partial charge in [-0.1, -0.05) is 78.4 Å². The molecule has 0 aliphatic rings. The second-order valence-corrected chi connectivity index (χ2v) is 12.7. The van der Waals surface area contributed by atoms with Gasteiger partial charge in [-0.25, -0.2) is 13.1 Å². The van der Waals surface area contributed by atoms with Crippen molar-refractivity contribution in [1.82, 2.24) is 15.4 Å². The van der Waals surface area contributed by atoms with E-state index in [-0.39, 0.29) is 36.2 Å². The van der Waals surface area contributed by atoms with Gasteiger partial charge in [-0.3, -0.25) is 19.9 Å². The van der Waals surface area contributed by atoms with Crippen LogP contribution >= 0.6 is 11.3 Å². The molecule has 0 fully saturated rings. The van der Waals surface area contributed by atoms with E-state index in [4.69, 9.17) is 11.0 Å². The summed E-state index contributed by atoms with van der Waals surface area (Å²) in [7, 11) is -4.17. The molecular weight excluding hydrogens is 597 g/mol. The Bertz CT molecular complexity index is 1770. The first-order valence-corrected chi connectivity index (χ1v) is 16.1. The summed E-state index contributed by atoms with van der Waals surface area (Å²) in [6.45, 7) is 2.17. The number of amides is 2. The number of benzene rings is 3. The van der Waals surface area contributed by atoms with E-state index in [0.717, 1.165) is 21.6 Å². The van der Waals surface area contributed by atoms with E-state index in [1.165, 1.54) is 23.5 Å². The third-order valence-electron chi connectivity index (χ3n) is 6.67. The number of nitrogens with two attached hydrogens (primary N) is 1. The van der Waals surface area contributed by atoms with Gasteiger partial charge < -0.3 is 11.1 Å². The van der Waals surface area contributed by atoms with Crippen LogP contribution in [0.1, 0.15) is 50.0 Å². The van der Waals surface area contributed by atoms with Crippen LogP contribution in [0.3, 0.4) is 0 Å². The predicted molar refractivity (Wildman–Crippen MR) is 170 cm³/mol. The Kier molecular flexibility index (Phi) is 10.9. The Morgan fingerprint density at radius 1 is 0.955 bits per heavy atom. The molecule has 3 aromatic carbocycles. The lowest BCUT2D eigenvalue weighted by Gasteiger charge is -2.18. The number of nitrogens with zero attached hydrogens (tertiary/aromatic N) is 2. The van der Waals surface area contributed by atoms with Gasteiger partial charge in [-0.05, 0) is 55.2 Å². The number of hydrogen-bond donors (Lipinski definition) is 4. The van der Waals surface area contributed by atoms with E-state index in [2.05, 4.69) is 32.5 Å².